The maximum Gasteiger partial charge on any atom is 0.253 e. The van der Waals surface area contributed by atoms with E-state index in [-0.39, 0.29) is 5.91 Å². The Bertz CT molecular complexity index is 542. The molecule has 0 bridgehead atoms. The lowest BCUT2D eigenvalue weighted by atomic mass is 10.1. The average Bonchev–Trinajstić information content (AvgIpc) is 2.70. The first kappa shape index (κ1) is 17.3. The maximum atomic E-state index is 11.6. The van der Waals surface area contributed by atoms with Gasteiger partial charge >= 0.3 is 0 Å². The quantitative estimate of drug-likeness (QED) is 0.726. The van der Waals surface area contributed by atoms with Gasteiger partial charge in [-0.15, -0.1) is 13.2 Å². The Morgan fingerprint density at radius 2 is 2.00 bits per heavy atom. The Kier molecular flexibility index (Phi) is 4.87. The first-order valence-electron chi connectivity index (χ1n) is 7.24. The van der Waals surface area contributed by atoms with E-state index in [1.165, 1.54) is 17.2 Å². The van der Waals surface area contributed by atoms with Crippen molar-refractivity contribution in [2.45, 2.75) is 31.0 Å². The summed E-state index contributed by atoms with van der Waals surface area (Å²) in [5, 5.41) is 20.5. The number of carbonyl (C=O) groups is 1. The molecule has 6 nitrogen and oxygen atoms in total. The largest absolute Gasteiger partial charge is 0.388 e. The van der Waals surface area contributed by atoms with Gasteiger partial charge in [-0.25, -0.2) is 0 Å². The Hall–Kier alpha value is -1.07. The standard InChI is InChI=1S/C15H25N2O4P/c1-10-16(2)12(18)6-8-17(10)15-14(20)13(19)11(21-15)7-9-22(3,4)5/h6,8,11,13-15,19-20H,1,3,7,9H2,2,4-5H3/t11-,13-,14-,15?/m1/s1. The Labute approximate surface area is 131 Å². The smallest absolute Gasteiger partial charge is 0.253 e. The molecule has 4 atom stereocenters. The van der Waals surface area contributed by atoms with Crippen LogP contribution in [0.25, 0.3) is 0 Å². The molecule has 0 aromatic carbocycles. The molecule has 0 aromatic heterocycles. The first-order valence-corrected chi connectivity index (χ1v) is 10.3. The molecule has 2 aliphatic rings. The summed E-state index contributed by atoms with van der Waals surface area (Å²) in [4.78, 5) is 14.5. The number of hydrogen-bond donors (Lipinski definition) is 2. The van der Waals surface area contributed by atoms with Gasteiger partial charge in [-0.3, -0.25) is 9.69 Å². The molecule has 1 saturated heterocycles. The summed E-state index contributed by atoms with van der Waals surface area (Å²) < 4.78 is 5.84. The molecule has 0 spiro atoms. The van der Waals surface area contributed by atoms with Gasteiger partial charge < -0.3 is 19.8 Å². The van der Waals surface area contributed by atoms with Gasteiger partial charge in [0.1, 0.15) is 18.0 Å². The zero-order valence-corrected chi connectivity index (χ0v) is 14.2. The van der Waals surface area contributed by atoms with Gasteiger partial charge in [-0.05, 0) is 25.9 Å². The molecule has 0 radical (unpaired) electrons. The van der Waals surface area contributed by atoms with Crippen LogP contribution in [0.1, 0.15) is 6.42 Å². The topological polar surface area (TPSA) is 73.2 Å². The number of hydrogen-bond acceptors (Lipinski definition) is 5. The van der Waals surface area contributed by atoms with Crippen molar-refractivity contribution in [3.05, 3.63) is 24.7 Å². The van der Waals surface area contributed by atoms with Crippen LogP contribution in [0.3, 0.4) is 0 Å². The van der Waals surface area contributed by atoms with Crippen molar-refractivity contribution >= 4 is 19.1 Å². The van der Waals surface area contributed by atoms with E-state index in [0.29, 0.717) is 12.2 Å². The van der Waals surface area contributed by atoms with Crippen molar-refractivity contribution in [1.29, 1.82) is 0 Å². The second-order valence-corrected chi connectivity index (χ2v) is 10.8. The number of nitrogens with zero attached hydrogens (tertiary/aromatic N) is 2. The van der Waals surface area contributed by atoms with Crippen LogP contribution in [0.4, 0.5) is 0 Å². The highest BCUT2D eigenvalue weighted by Crippen LogP contribution is 2.38. The van der Waals surface area contributed by atoms with E-state index >= 15 is 0 Å². The van der Waals surface area contributed by atoms with Crippen LogP contribution in [0, 0.1) is 0 Å². The van der Waals surface area contributed by atoms with Gasteiger partial charge in [0.2, 0.25) is 0 Å². The number of aliphatic hydroxyl groups is 2. The number of ether oxygens (including phenoxy) is 1. The van der Waals surface area contributed by atoms with Gasteiger partial charge in [-0.1, -0.05) is 6.58 Å². The zero-order chi connectivity index (χ0) is 16.7. The average molecular weight is 328 g/mol. The molecule has 0 saturated carbocycles. The van der Waals surface area contributed by atoms with Gasteiger partial charge in [-0.2, -0.15) is 0 Å². The van der Waals surface area contributed by atoms with Crippen molar-refractivity contribution in [3.8, 4) is 0 Å². The third-order valence-electron chi connectivity index (χ3n) is 4.02. The summed E-state index contributed by atoms with van der Waals surface area (Å²) in [6.45, 7) is 6.87. The number of carbonyl (C=O) groups excluding carboxylic acids is 1. The summed E-state index contributed by atoms with van der Waals surface area (Å²) in [5.41, 5.74) is 0. The normalized spacial score (nSPS) is 33.0. The Morgan fingerprint density at radius 3 is 2.59 bits per heavy atom. The highest BCUT2D eigenvalue weighted by Gasteiger charge is 2.46. The molecular formula is C15H25N2O4P. The van der Waals surface area contributed by atoms with E-state index in [0.717, 1.165) is 6.16 Å². The molecule has 2 aliphatic heterocycles. The number of likely N-dealkylation sites (N-methyl/N-ethyl adjacent to an activating group) is 1. The molecule has 0 aliphatic carbocycles. The number of rotatable bonds is 4. The van der Waals surface area contributed by atoms with E-state index in [9.17, 15) is 15.0 Å². The van der Waals surface area contributed by atoms with E-state index in [2.05, 4.69) is 26.2 Å². The monoisotopic (exact) mass is 328 g/mol. The molecule has 2 heterocycles. The van der Waals surface area contributed by atoms with Crippen LogP contribution in [-0.2, 0) is 9.53 Å². The van der Waals surface area contributed by atoms with Crippen molar-refractivity contribution < 1.29 is 19.7 Å². The zero-order valence-electron chi connectivity index (χ0n) is 13.3. The predicted octanol–water partition coefficient (Wildman–Crippen LogP) is 0.291. The van der Waals surface area contributed by atoms with E-state index in [4.69, 9.17) is 4.74 Å². The fourth-order valence-corrected chi connectivity index (χ4v) is 3.50. The summed E-state index contributed by atoms with van der Waals surface area (Å²) in [7, 11) is 1.60. The molecule has 0 aromatic rings. The molecule has 2 rings (SSSR count). The van der Waals surface area contributed by atoms with Gasteiger partial charge in [0.05, 0.1) is 6.10 Å². The summed E-state index contributed by atoms with van der Waals surface area (Å²) >= 11 is 0. The number of amides is 1. The second-order valence-electron chi connectivity index (χ2n) is 6.53. The molecule has 1 fully saturated rings. The molecule has 1 unspecified atom stereocenters. The van der Waals surface area contributed by atoms with Crippen LogP contribution < -0.4 is 0 Å². The lowest BCUT2D eigenvalue weighted by molar-refractivity contribution is -0.127. The van der Waals surface area contributed by atoms with Crippen molar-refractivity contribution in [3.63, 3.8) is 0 Å². The maximum absolute atomic E-state index is 11.6. The fraction of sp³-hybridized carbons (Fsp3) is 0.600. The van der Waals surface area contributed by atoms with Crippen molar-refractivity contribution in [2.24, 2.45) is 0 Å². The van der Waals surface area contributed by atoms with Crippen LogP contribution in [0.15, 0.2) is 24.7 Å². The molecule has 1 amide bonds. The lowest BCUT2D eigenvalue weighted by Gasteiger charge is -2.36. The van der Waals surface area contributed by atoms with E-state index in [1.807, 2.05) is 0 Å². The van der Waals surface area contributed by atoms with Crippen LogP contribution in [0.5, 0.6) is 0 Å². The van der Waals surface area contributed by atoms with E-state index in [1.54, 1.807) is 11.9 Å². The second kappa shape index (κ2) is 6.20. The third-order valence-corrected chi connectivity index (χ3v) is 5.49. The lowest BCUT2D eigenvalue weighted by Crippen LogP contribution is -2.47. The van der Waals surface area contributed by atoms with Crippen LogP contribution in [0.2, 0.25) is 0 Å². The fourth-order valence-electron chi connectivity index (χ4n) is 2.55. The number of aliphatic hydroxyl groups excluding tert-OH is 2. The summed E-state index contributed by atoms with van der Waals surface area (Å²) in [5.74, 6) is 0.226. The van der Waals surface area contributed by atoms with E-state index < -0.39 is 31.4 Å². The molecule has 124 valence electrons. The third kappa shape index (κ3) is 3.46. The highest BCUT2D eigenvalue weighted by atomic mass is 31.2. The Balaban J connectivity index is 2.10. The molecule has 7 heteroatoms. The minimum atomic E-state index is -1.22. The molecule has 2 N–H and O–H groups in total. The highest BCUT2D eigenvalue weighted by molar-refractivity contribution is 7.72. The Morgan fingerprint density at radius 1 is 1.36 bits per heavy atom. The van der Waals surface area contributed by atoms with Crippen LogP contribution >= 0.6 is 6.89 Å². The van der Waals surface area contributed by atoms with Gasteiger partial charge in [0, 0.05) is 19.3 Å². The van der Waals surface area contributed by atoms with Crippen LogP contribution in [-0.4, -0.2) is 83.3 Å². The predicted molar refractivity (Wildman–Crippen MR) is 88.9 cm³/mol. The first-order chi connectivity index (χ1) is 10.1. The van der Waals surface area contributed by atoms with Crippen molar-refractivity contribution in [1.82, 2.24) is 9.80 Å². The molecule has 22 heavy (non-hydrogen) atoms. The minimum absolute atomic E-state index is 0.186. The summed E-state index contributed by atoms with van der Waals surface area (Å²) in [6, 6.07) is 0. The minimum Gasteiger partial charge on any atom is -0.388 e. The SMILES string of the molecule is C=C1N(C)C(=O)C=CN1C1O[C@H](CCP(=C)(C)C)[C@@H](O)[C@H]1O. The van der Waals surface area contributed by atoms with Crippen molar-refractivity contribution in [2.75, 3.05) is 26.5 Å². The van der Waals surface area contributed by atoms with Gasteiger partial charge in [0.15, 0.2) is 6.23 Å². The molecular weight excluding hydrogens is 303 g/mol. The summed E-state index contributed by atoms with van der Waals surface area (Å²) in [6.07, 6.45) is 5.39. The van der Waals surface area contributed by atoms with Gasteiger partial charge in [0.25, 0.3) is 5.91 Å².